The first kappa shape index (κ1) is 63.6. The normalized spacial score (nSPS) is 20.0. The van der Waals surface area contributed by atoms with Gasteiger partial charge in [0, 0.05) is 6.42 Å². The predicted octanol–water partition coefficient (Wildman–Crippen LogP) is 12.5. The van der Waals surface area contributed by atoms with Crippen LogP contribution >= 0.6 is 0 Å². The van der Waals surface area contributed by atoms with Crippen LogP contribution < -0.4 is 5.32 Å². The van der Waals surface area contributed by atoms with Gasteiger partial charge in [0.25, 0.3) is 0 Å². The molecule has 0 aromatic carbocycles. The molecule has 67 heavy (non-hydrogen) atoms. The lowest BCUT2D eigenvalue weighted by Crippen LogP contribution is -2.61. The maximum absolute atomic E-state index is 13.1. The summed E-state index contributed by atoms with van der Waals surface area (Å²) in [7, 11) is -5.08. The molecule has 0 aromatic heterocycles. The largest absolute Gasteiger partial charge is 0.397 e. The minimum Gasteiger partial charge on any atom is -0.394 e. The summed E-state index contributed by atoms with van der Waals surface area (Å²) in [6, 6.07) is -0.941. The Hall–Kier alpha value is -1.42. The Labute approximate surface area is 410 Å². The Balaban J connectivity index is 2.27. The molecule has 0 spiro atoms. The van der Waals surface area contributed by atoms with Crippen molar-refractivity contribution < 1.29 is 51.8 Å². The van der Waals surface area contributed by atoms with Crippen LogP contribution in [0.4, 0.5) is 0 Å². The molecule has 12 nitrogen and oxygen atoms in total. The minimum absolute atomic E-state index is 0.261. The number of rotatable bonds is 48. The smallest absolute Gasteiger partial charge is 0.394 e. The molecule has 0 saturated carbocycles. The van der Waals surface area contributed by atoms with Crippen LogP contribution in [0.2, 0.25) is 0 Å². The molecular weight excluding hydrogens is 871 g/mol. The number of allylic oxidation sites excluding steroid dienone is 3. The molecule has 0 aromatic rings. The van der Waals surface area contributed by atoms with E-state index < -0.39 is 59.9 Å². The van der Waals surface area contributed by atoms with E-state index in [0.717, 1.165) is 38.5 Å². The van der Waals surface area contributed by atoms with Crippen LogP contribution in [0.15, 0.2) is 24.3 Å². The Kier molecular flexibility index (Phi) is 42.3. The van der Waals surface area contributed by atoms with E-state index in [1.807, 2.05) is 6.08 Å². The van der Waals surface area contributed by atoms with E-state index in [9.17, 15) is 38.2 Å². The zero-order valence-electron chi connectivity index (χ0n) is 42.7. The topological polar surface area (TPSA) is 192 Å². The Morgan fingerprint density at radius 2 is 0.955 bits per heavy atom. The number of unbranched alkanes of at least 4 members (excludes halogenated alkanes) is 34. The van der Waals surface area contributed by atoms with Crippen LogP contribution in [0.5, 0.6) is 0 Å². The lowest BCUT2D eigenvalue weighted by atomic mass is 9.99. The van der Waals surface area contributed by atoms with Crippen molar-refractivity contribution in [2.45, 2.75) is 301 Å². The third kappa shape index (κ3) is 37.1. The fourth-order valence-corrected chi connectivity index (χ4v) is 9.43. The highest BCUT2D eigenvalue weighted by Gasteiger charge is 2.48. The first-order valence-corrected chi connectivity index (χ1v) is 29.1. The molecule has 1 aliphatic rings. The molecule has 7 atom stereocenters. The summed E-state index contributed by atoms with van der Waals surface area (Å²) in [4.78, 5) is 13.1. The molecule has 396 valence electrons. The van der Waals surface area contributed by atoms with E-state index in [2.05, 4.69) is 35.5 Å². The molecule has 1 heterocycles. The Morgan fingerprint density at radius 1 is 0.582 bits per heavy atom. The summed E-state index contributed by atoms with van der Waals surface area (Å²) >= 11 is 0. The van der Waals surface area contributed by atoms with Crippen LogP contribution in [-0.4, -0.2) is 95.4 Å². The average molecular weight is 974 g/mol. The average Bonchev–Trinajstić information content (AvgIpc) is 3.30. The molecule has 6 N–H and O–H groups in total. The van der Waals surface area contributed by atoms with Gasteiger partial charge in [-0.2, -0.15) is 8.42 Å². The minimum atomic E-state index is -5.08. The lowest BCUT2D eigenvalue weighted by molar-refractivity contribution is -0.298. The third-order valence-electron chi connectivity index (χ3n) is 13.2. The van der Waals surface area contributed by atoms with Crippen LogP contribution in [0.25, 0.3) is 0 Å². The summed E-state index contributed by atoms with van der Waals surface area (Å²) in [6.45, 7) is 3.39. The van der Waals surface area contributed by atoms with E-state index in [0.29, 0.717) is 6.42 Å². The number of carbonyl (C=O) groups is 1. The molecule has 0 bridgehead atoms. The highest BCUT2D eigenvalue weighted by atomic mass is 32.3. The summed E-state index contributed by atoms with van der Waals surface area (Å²) in [6.07, 6.45) is 45.3. The van der Waals surface area contributed by atoms with E-state index in [1.54, 1.807) is 6.08 Å². The molecule has 13 heteroatoms. The number of aliphatic hydroxyl groups is 4. The second kappa shape index (κ2) is 44.5. The first-order valence-electron chi connectivity index (χ1n) is 27.7. The van der Waals surface area contributed by atoms with Gasteiger partial charge in [0.1, 0.15) is 24.4 Å². The summed E-state index contributed by atoms with van der Waals surface area (Å²) in [5, 5.41) is 44.8. The van der Waals surface area contributed by atoms with Crippen molar-refractivity contribution in [1.82, 2.24) is 5.32 Å². The lowest BCUT2D eigenvalue weighted by Gasteiger charge is -2.41. The number of nitrogens with one attached hydrogen (secondary N) is 1. The molecule has 0 aliphatic carbocycles. The molecule has 1 fully saturated rings. The number of ether oxygens (including phenoxy) is 2. The van der Waals surface area contributed by atoms with Crippen molar-refractivity contribution in [2.24, 2.45) is 0 Å². The maximum atomic E-state index is 13.1. The molecule has 0 radical (unpaired) electrons. The summed E-state index contributed by atoms with van der Waals surface area (Å²) in [5.74, 6) is -0.261. The molecule has 1 rings (SSSR count). The number of aliphatic hydroxyl groups excluding tert-OH is 4. The Bertz CT molecular complexity index is 1280. The van der Waals surface area contributed by atoms with Crippen molar-refractivity contribution >= 4 is 16.3 Å². The fourth-order valence-electron chi connectivity index (χ4n) is 8.92. The SMILES string of the molecule is CCCCCCCCCCC/C=C/C(O)C(COC1OC(CO)C(O)C(OS(=O)(=O)O)C1O)NC(=O)CCCCCCCCCCCCCCC/C=C\CCCCCCCCCCCCCC. The van der Waals surface area contributed by atoms with Crippen LogP contribution in [0, 0.1) is 0 Å². The van der Waals surface area contributed by atoms with Gasteiger partial charge in [-0.1, -0.05) is 231 Å². The second-order valence-electron chi connectivity index (χ2n) is 19.5. The number of hydrogen-bond acceptors (Lipinski definition) is 10. The van der Waals surface area contributed by atoms with Crippen molar-refractivity contribution in [2.75, 3.05) is 13.2 Å². The van der Waals surface area contributed by atoms with Crippen molar-refractivity contribution in [3.8, 4) is 0 Å². The van der Waals surface area contributed by atoms with E-state index in [1.165, 1.54) is 193 Å². The van der Waals surface area contributed by atoms with Gasteiger partial charge < -0.3 is 35.2 Å². The summed E-state index contributed by atoms with van der Waals surface area (Å²) in [5.41, 5.74) is 0. The van der Waals surface area contributed by atoms with Crippen molar-refractivity contribution in [3.05, 3.63) is 24.3 Å². The zero-order valence-corrected chi connectivity index (χ0v) is 43.5. The van der Waals surface area contributed by atoms with Gasteiger partial charge in [0.15, 0.2) is 6.29 Å². The number of carbonyl (C=O) groups excluding carboxylic acids is 1. The van der Waals surface area contributed by atoms with Gasteiger partial charge in [-0.25, -0.2) is 4.18 Å². The van der Waals surface area contributed by atoms with Crippen LogP contribution in [-0.2, 0) is 28.9 Å². The van der Waals surface area contributed by atoms with Gasteiger partial charge >= 0.3 is 10.4 Å². The van der Waals surface area contributed by atoms with Crippen LogP contribution in [0.1, 0.15) is 258 Å². The van der Waals surface area contributed by atoms with Gasteiger partial charge in [-0.05, 0) is 44.9 Å². The van der Waals surface area contributed by atoms with E-state index in [4.69, 9.17) is 9.47 Å². The highest BCUT2D eigenvalue weighted by Crippen LogP contribution is 2.26. The number of hydrogen-bond donors (Lipinski definition) is 6. The predicted molar refractivity (Wildman–Crippen MR) is 273 cm³/mol. The monoisotopic (exact) mass is 974 g/mol. The van der Waals surface area contributed by atoms with Gasteiger partial charge in [-0.15, -0.1) is 0 Å². The molecular formula is C54H103NO11S. The molecule has 1 saturated heterocycles. The first-order chi connectivity index (χ1) is 32.5. The van der Waals surface area contributed by atoms with E-state index in [-0.39, 0.29) is 18.9 Å². The van der Waals surface area contributed by atoms with Gasteiger partial charge in [0.2, 0.25) is 5.91 Å². The molecule has 7 unspecified atom stereocenters. The Morgan fingerprint density at radius 3 is 1.34 bits per heavy atom. The van der Waals surface area contributed by atoms with E-state index >= 15 is 0 Å². The fraction of sp³-hybridized carbons (Fsp3) is 0.907. The number of amides is 1. The third-order valence-corrected chi connectivity index (χ3v) is 13.7. The summed E-state index contributed by atoms with van der Waals surface area (Å²) < 4.78 is 47.7. The maximum Gasteiger partial charge on any atom is 0.397 e. The molecule has 1 aliphatic heterocycles. The quantitative estimate of drug-likeness (QED) is 0.0193. The van der Waals surface area contributed by atoms with Gasteiger partial charge in [0.05, 0.1) is 25.4 Å². The van der Waals surface area contributed by atoms with Crippen LogP contribution in [0.3, 0.4) is 0 Å². The molecule has 1 amide bonds. The van der Waals surface area contributed by atoms with Gasteiger partial charge in [-0.3, -0.25) is 9.35 Å². The zero-order chi connectivity index (χ0) is 49.1. The van der Waals surface area contributed by atoms with Crippen molar-refractivity contribution in [3.63, 3.8) is 0 Å². The second-order valence-corrected chi connectivity index (χ2v) is 20.6. The highest BCUT2D eigenvalue weighted by molar-refractivity contribution is 7.80. The van der Waals surface area contributed by atoms with Crippen molar-refractivity contribution in [1.29, 1.82) is 0 Å². The standard InChI is InChI=1S/C54H103NO11S/c1-3-5-7-9-11-13-15-16-17-18-19-20-21-22-23-24-25-26-27-28-29-30-31-32-34-36-38-40-42-44-50(58)55-47(48(57)43-41-39-37-35-33-14-12-10-8-6-4-2)46-64-54-52(60)53(66-67(61,62)63)51(59)49(45-56)65-54/h22-23,41,43,47-49,51-54,56-57,59-60H,3-21,24-40,42,44-46H2,1-2H3,(H,55,58)(H,61,62,63)/b23-22-,43-41+.